The highest BCUT2D eigenvalue weighted by molar-refractivity contribution is 6.51. The normalized spacial score (nSPS) is 17.3. The van der Waals surface area contributed by atoms with Crippen molar-refractivity contribution >= 4 is 34.7 Å². The lowest BCUT2D eigenvalue weighted by Gasteiger charge is -2.24. The van der Waals surface area contributed by atoms with Gasteiger partial charge in [-0.1, -0.05) is 17.7 Å². The summed E-state index contributed by atoms with van der Waals surface area (Å²) in [6.07, 6.45) is -4.98. The number of carbonyl (C=O) groups is 2. The van der Waals surface area contributed by atoms with E-state index in [0.717, 1.165) is 17.0 Å². The van der Waals surface area contributed by atoms with Crippen LogP contribution in [0.25, 0.3) is 5.76 Å². The lowest BCUT2D eigenvalue weighted by molar-refractivity contribution is -0.274. The Balaban J connectivity index is 1.94. The first kappa shape index (κ1) is 26.0. The zero-order valence-electron chi connectivity index (χ0n) is 19.6. The topological polar surface area (TPSA) is 98.4 Å². The highest BCUT2D eigenvalue weighted by Crippen LogP contribution is 2.45. The summed E-state index contributed by atoms with van der Waals surface area (Å²) >= 11 is 6.15. The summed E-state index contributed by atoms with van der Waals surface area (Å²) in [6.45, 7) is 1.63. The SMILES string of the molecule is COc1cc(/C(O)=C2\C(=O)C(=O)N(c3cccc(OC(F)(F)F)c3)C2c2ccc(C)o2)c(OC)cc1Cl. The monoisotopic (exact) mass is 537 g/mol. The molecule has 2 heterocycles. The van der Waals surface area contributed by atoms with E-state index in [4.69, 9.17) is 25.5 Å². The van der Waals surface area contributed by atoms with Gasteiger partial charge in [0.1, 0.15) is 40.6 Å². The number of nitrogens with zero attached hydrogens (tertiary/aromatic N) is 1. The summed E-state index contributed by atoms with van der Waals surface area (Å²) < 4.78 is 58.6. The van der Waals surface area contributed by atoms with Crippen LogP contribution >= 0.6 is 11.6 Å². The van der Waals surface area contributed by atoms with Gasteiger partial charge in [-0.05, 0) is 37.3 Å². The van der Waals surface area contributed by atoms with Gasteiger partial charge in [0.2, 0.25) is 0 Å². The predicted molar refractivity (Wildman–Crippen MR) is 126 cm³/mol. The van der Waals surface area contributed by atoms with Crippen LogP contribution in [0.2, 0.25) is 5.02 Å². The molecule has 8 nitrogen and oxygen atoms in total. The molecular formula is C25H19ClF3NO7. The van der Waals surface area contributed by atoms with Crippen LogP contribution in [0.15, 0.2) is 58.5 Å². The molecular weight excluding hydrogens is 519 g/mol. The molecule has 1 aromatic heterocycles. The summed E-state index contributed by atoms with van der Waals surface area (Å²) in [6, 6.07) is 8.96. The quantitative estimate of drug-likeness (QED) is 0.242. The lowest BCUT2D eigenvalue weighted by Crippen LogP contribution is -2.29. The number of anilines is 1. The standard InChI is InChI=1S/C25H19ClF3NO7/c1-12-7-8-17(36-12)21-20(22(31)15-10-19(35-3)16(26)11-18(15)34-2)23(32)24(33)30(21)13-5-4-6-14(9-13)37-25(27,28)29/h4-11,21,31H,1-3H3/b22-20+. The summed E-state index contributed by atoms with van der Waals surface area (Å²) in [5, 5.41) is 11.5. The molecule has 1 fully saturated rings. The van der Waals surface area contributed by atoms with Gasteiger partial charge in [0.15, 0.2) is 0 Å². The van der Waals surface area contributed by atoms with E-state index in [2.05, 4.69) is 4.74 Å². The van der Waals surface area contributed by atoms with Crippen molar-refractivity contribution < 1.29 is 46.5 Å². The third-order valence-electron chi connectivity index (χ3n) is 5.53. The maximum Gasteiger partial charge on any atom is 0.573 e. The molecule has 1 aliphatic heterocycles. The Morgan fingerprint density at radius 1 is 1.05 bits per heavy atom. The number of amides is 1. The molecule has 2 aromatic carbocycles. The fourth-order valence-corrected chi connectivity index (χ4v) is 4.22. The minimum absolute atomic E-state index is 0.0100. The zero-order chi connectivity index (χ0) is 27.1. The number of aliphatic hydroxyl groups is 1. The predicted octanol–water partition coefficient (Wildman–Crippen LogP) is 5.78. The Kier molecular flexibility index (Phi) is 6.83. The molecule has 4 rings (SSSR count). The molecule has 194 valence electrons. The molecule has 1 atom stereocenters. The Hall–Kier alpha value is -4.12. The van der Waals surface area contributed by atoms with E-state index >= 15 is 0 Å². The van der Waals surface area contributed by atoms with E-state index in [0.29, 0.717) is 5.76 Å². The Bertz CT molecular complexity index is 1410. The number of aryl methyl sites for hydroxylation is 1. The van der Waals surface area contributed by atoms with Gasteiger partial charge >= 0.3 is 6.36 Å². The number of hydrogen-bond acceptors (Lipinski definition) is 7. The van der Waals surface area contributed by atoms with Crippen LogP contribution < -0.4 is 19.1 Å². The number of methoxy groups -OCH3 is 2. The van der Waals surface area contributed by atoms with Gasteiger partial charge in [-0.2, -0.15) is 0 Å². The van der Waals surface area contributed by atoms with Gasteiger partial charge in [-0.3, -0.25) is 14.5 Å². The molecule has 1 unspecified atom stereocenters. The summed E-state index contributed by atoms with van der Waals surface area (Å²) in [5.41, 5.74) is -0.490. The van der Waals surface area contributed by atoms with E-state index in [1.54, 1.807) is 13.0 Å². The number of carbonyl (C=O) groups excluding carboxylic acids is 2. The molecule has 0 spiro atoms. The maximum absolute atomic E-state index is 13.3. The summed E-state index contributed by atoms with van der Waals surface area (Å²) in [4.78, 5) is 27.4. The fraction of sp³-hybridized carbons (Fsp3) is 0.200. The summed E-state index contributed by atoms with van der Waals surface area (Å²) in [7, 11) is 2.66. The average Bonchev–Trinajstić information content (AvgIpc) is 3.38. The van der Waals surface area contributed by atoms with E-state index < -0.39 is 35.6 Å². The number of aliphatic hydroxyl groups excluding tert-OH is 1. The van der Waals surface area contributed by atoms with Gasteiger partial charge in [-0.25, -0.2) is 0 Å². The first-order chi connectivity index (χ1) is 17.4. The Morgan fingerprint density at radius 2 is 1.76 bits per heavy atom. The van der Waals surface area contributed by atoms with Crippen molar-refractivity contribution in [2.75, 3.05) is 19.1 Å². The number of alkyl halides is 3. The van der Waals surface area contributed by atoms with Crippen LogP contribution in [0.3, 0.4) is 0 Å². The highest BCUT2D eigenvalue weighted by atomic mass is 35.5. The van der Waals surface area contributed by atoms with Gasteiger partial charge in [0.05, 0.1) is 30.4 Å². The molecule has 37 heavy (non-hydrogen) atoms. The molecule has 0 aliphatic carbocycles. The summed E-state index contributed by atoms with van der Waals surface area (Å²) in [5.74, 6) is -2.70. The van der Waals surface area contributed by atoms with Crippen molar-refractivity contribution in [1.82, 2.24) is 0 Å². The second kappa shape index (κ2) is 9.74. The van der Waals surface area contributed by atoms with Crippen molar-refractivity contribution in [3.63, 3.8) is 0 Å². The van der Waals surface area contributed by atoms with E-state index in [1.807, 2.05) is 0 Å². The number of rotatable bonds is 6. The average molecular weight is 538 g/mol. The van der Waals surface area contributed by atoms with Gasteiger partial charge < -0.3 is 23.7 Å². The highest BCUT2D eigenvalue weighted by Gasteiger charge is 2.49. The molecule has 1 N–H and O–H groups in total. The third-order valence-corrected chi connectivity index (χ3v) is 5.83. The van der Waals surface area contributed by atoms with Crippen LogP contribution in [-0.4, -0.2) is 37.4 Å². The number of hydrogen-bond donors (Lipinski definition) is 1. The van der Waals surface area contributed by atoms with Crippen LogP contribution in [0, 0.1) is 6.92 Å². The second-order valence-electron chi connectivity index (χ2n) is 7.85. The fourth-order valence-electron chi connectivity index (χ4n) is 3.99. The minimum atomic E-state index is -4.98. The second-order valence-corrected chi connectivity index (χ2v) is 8.26. The van der Waals surface area contributed by atoms with Crippen molar-refractivity contribution in [2.45, 2.75) is 19.3 Å². The van der Waals surface area contributed by atoms with Crippen molar-refractivity contribution in [3.05, 3.63) is 76.2 Å². The lowest BCUT2D eigenvalue weighted by atomic mass is 9.98. The molecule has 1 amide bonds. The number of ketones is 1. The van der Waals surface area contributed by atoms with Crippen molar-refractivity contribution in [3.8, 4) is 17.2 Å². The molecule has 1 saturated heterocycles. The van der Waals surface area contributed by atoms with Crippen LogP contribution in [0.1, 0.15) is 23.1 Å². The molecule has 1 aliphatic rings. The minimum Gasteiger partial charge on any atom is -0.507 e. The number of halogens is 4. The maximum atomic E-state index is 13.3. The molecule has 0 radical (unpaired) electrons. The molecule has 0 saturated carbocycles. The van der Waals surface area contributed by atoms with Crippen LogP contribution in [-0.2, 0) is 9.59 Å². The van der Waals surface area contributed by atoms with Gasteiger partial charge in [0.25, 0.3) is 11.7 Å². The molecule has 12 heteroatoms. The first-order valence-corrected chi connectivity index (χ1v) is 11.0. The van der Waals surface area contributed by atoms with E-state index in [9.17, 15) is 27.9 Å². The Morgan fingerprint density at radius 3 is 2.35 bits per heavy atom. The largest absolute Gasteiger partial charge is 0.573 e. The first-order valence-electron chi connectivity index (χ1n) is 10.6. The number of Topliss-reactive ketones (excluding diaryl/α,β-unsaturated/α-hetero) is 1. The Labute approximate surface area is 213 Å². The van der Waals surface area contributed by atoms with E-state index in [-0.39, 0.29) is 39.1 Å². The van der Waals surface area contributed by atoms with Crippen LogP contribution in [0.4, 0.5) is 18.9 Å². The third kappa shape index (κ3) is 4.94. The number of benzene rings is 2. The van der Waals surface area contributed by atoms with Gasteiger partial charge in [-0.15, -0.1) is 13.2 Å². The zero-order valence-corrected chi connectivity index (χ0v) is 20.3. The van der Waals surface area contributed by atoms with E-state index in [1.165, 1.54) is 44.6 Å². The number of ether oxygens (including phenoxy) is 3. The van der Waals surface area contributed by atoms with Crippen LogP contribution in [0.5, 0.6) is 17.2 Å². The molecule has 0 bridgehead atoms. The molecule has 3 aromatic rings. The number of furan rings is 1. The smallest absolute Gasteiger partial charge is 0.507 e. The van der Waals surface area contributed by atoms with Crippen molar-refractivity contribution in [1.29, 1.82) is 0 Å². The van der Waals surface area contributed by atoms with Gasteiger partial charge in [0, 0.05) is 17.8 Å². The van der Waals surface area contributed by atoms with Crippen molar-refractivity contribution in [2.24, 2.45) is 0 Å².